The Kier molecular flexibility index (Phi) is 5.41. The van der Waals surface area contributed by atoms with Gasteiger partial charge in [0.1, 0.15) is 0 Å². The van der Waals surface area contributed by atoms with Crippen LogP contribution in [0, 0.1) is 11.8 Å². The maximum Gasteiger partial charge on any atom is 0.303 e. The number of amides is 1. The second-order valence-electron chi connectivity index (χ2n) is 5.00. The van der Waals surface area contributed by atoms with Crippen LogP contribution in [0.15, 0.2) is 0 Å². The highest BCUT2D eigenvalue weighted by Crippen LogP contribution is 2.23. The number of hydrogen-bond acceptors (Lipinski definition) is 3. The van der Waals surface area contributed by atoms with Crippen LogP contribution in [0.2, 0.25) is 0 Å². The van der Waals surface area contributed by atoms with Crippen LogP contribution in [0.4, 0.5) is 0 Å². The molecule has 5 nitrogen and oxygen atoms in total. The second-order valence-corrected chi connectivity index (χ2v) is 5.00. The summed E-state index contributed by atoms with van der Waals surface area (Å²) < 4.78 is 0. The van der Waals surface area contributed by atoms with Crippen molar-refractivity contribution >= 4 is 11.9 Å². The van der Waals surface area contributed by atoms with Gasteiger partial charge in [0.25, 0.3) is 0 Å². The Morgan fingerprint density at radius 2 is 2.06 bits per heavy atom. The molecular formula is C12H22N2O3. The smallest absolute Gasteiger partial charge is 0.303 e. The van der Waals surface area contributed by atoms with Crippen LogP contribution in [-0.4, -0.2) is 29.6 Å². The first-order chi connectivity index (χ1) is 8.00. The van der Waals surface area contributed by atoms with Gasteiger partial charge >= 0.3 is 5.97 Å². The van der Waals surface area contributed by atoms with Gasteiger partial charge in [-0.05, 0) is 18.8 Å². The molecule has 0 bridgehead atoms. The van der Waals surface area contributed by atoms with E-state index in [0.29, 0.717) is 6.54 Å². The quantitative estimate of drug-likeness (QED) is 0.662. The number of hydrogen-bond donors (Lipinski definition) is 3. The third-order valence-electron chi connectivity index (χ3n) is 3.30. The average molecular weight is 242 g/mol. The molecule has 0 heterocycles. The number of nitrogens with one attached hydrogen (secondary N) is 1. The SMILES string of the molecule is CC(CNC(=O)C1CCCCC1N)CC(=O)O. The van der Waals surface area contributed by atoms with E-state index in [2.05, 4.69) is 5.32 Å². The van der Waals surface area contributed by atoms with E-state index < -0.39 is 5.97 Å². The zero-order chi connectivity index (χ0) is 12.8. The van der Waals surface area contributed by atoms with Crippen molar-refractivity contribution in [1.82, 2.24) is 5.32 Å². The Hall–Kier alpha value is -1.10. The molecule has 98 valence electrons. The minimum absolute atomic E-state index is 0.0190. The summed E-state index contributed by atoms with van der Waals surface area (Å²) in [5.74, 6) is -0.993. The molecule has 1 rings (SSSR count). The first kappa shape index (κ1) is 14.0. The van der Waals surface area contributed by atoms with Crippen molar-refractivity contribution in [2.75, 3.05) is 6.54 Å². The largest absolute Gasteiger partial charge is 0.481 e. The molecular weight excluding hydrogens is 220 g/mol. The summed E-state index contributed by atoms with van der Waals surface area (Å²) in [7, 11) is 0. The lowest BCUT2D eigenvalue weighted by Gasteiger charge is -2.27. The molecule has 1 saturated carbocycles. The van der Waals surface area contributed by atoms with E-state index in [1.54, 1.807) is 0 Å². The molecule has 0 aromatic carbocycles. The van der Waals surface area contributed by atoms with E-state index in [9.17, 15) is 9.59 Å². The highest BCUT2D eigenvalue weighted by atomic mass is 16.4. The van der Waals surface area contributed by atoms with E-state index in [4.69, 9.17) is 10.8 Å². The molecule has 3 atom stereocenters. The van der Waals surface area contributed by atoms with Crippen molar-refractivity contribution in [3.8, 4) is 0 Å². The molecule has 0 saturated heterocycles. The number of carboxylic acid groups (broad SMARTS) is 1. The molecule has 17 heavy (non-hydrogen) atoms. The van der Waals surface area contributed by atoms with Gasteiger partial charge in [0.15, 0.2) is 0 Å². The average Bonchev–Trinajstić information content (AvgIpc) is 2.25. The van der Waals surface area contributed by atoms with E-state index in [-0.39, 0.29) is 30.2 Å². The van der Waals surface area contributed by atoms with Gasteiger partial charge in [-0.3, -0.25) is 9.59 Å². The Labute approximate surface area is 102 Å². The first-order valence-electron chi connectivity index (χ1n) is 6.25. The molecule has 1 fully saturated rings. The van der Waals surface area contributed by atoms with E-state index in [1.165, 1.54) is 0 Å². The topological polar surface area (TPSA) is 92.4 Å². The molecule has 1 aliphatic rings. The molecule has 1 amide bonds. The molecule has 3 unspecified atom stereocenters. The molecule has 0 spiro atoms. The fraction of sp³-hybridized carbons (Fsp3) is 0.833. The van der Waals surface area contributed by atoms with E-state index in [0.717, 1.165) is 25.7 Å². The van der Waals surface area contributed by atoms with E-state index >= 15 is 0 Å². The third-order valence-corrected chi connectivity index (χ3v) is 3.30. The molecule has 0 radical (unpaired) electrons. The Bertz CT molecular complexity index is 281. The van der Waals surface area contributed by atoms with Gasteiger partial charge in [-0.25, -0.2) is 0 Å². The summed E-state index contributed by atoms with van der Waals surface area (Å²) in [6.07, 6.45) is 3.98. The minimum Gasteiger partial charge on any atom is -0.481 e. The summed E-state index contributed by atoms with van der Waals surface area (Å²) in [4.78, 5) is 22.3. The second kappa shape index (κ2) is 6.59. The van der Waals surface area contributed by atoms with Gasteiger partial charge in [0, 0.05) is 19.0 Å². The highest BCUT2D eigenvalue weighted by Gasteiger charge is 2.28. The van der Waals surface area contributed by atoms with Crippen molar-refractivity contribution in [3.05, 3.63) is 0 Å². The first-order valence-corrected chi connectivity index (χ1v) is 6.25. The van der Waals surface area contributed by atoms with Crippen LogP contribution in [0.3, 0.4) is 0 Å². The predicted molar refractivity (Wildman–Crippen MR) is 64.4 cm³/mol. The molecule has 0 aromatic rings. The van der Waals surface area contributed by atoms with Crippen LogP contribution in [0.1, 0.15) is 39.0 Å². The van der Waals surface area contributed by atoms with E-state index in [1.807, 2.05) is 6.92 Å². The Morgan fingerprint density at radius 3 is 2.65 bits per heavy atom. The summed E-state index contributed by atoms with van der Waals surface area (Å²) in [5.41, 5.74) is 5.91. The normalized spacial score (nSPS) is 26.2. The Balaban J connectivity index is 2.30. The molecule has 0 aromatic heterocycles. The van der Waals surface area contributed by atoms with Gasteiger partial charge in [-0.15, -0.1) is 0 Å². The molecule has 0 aliphatic heterocycles. The fourth-order valence-electron chi connectivity index (χ4n) is 2.26. The number of carboxylic acids is 1. The highest BCUT2D eigenvalue weighted by molar-refractivity contribution is 5.79. The third kappa shape index (κ3) is 4.73. The van der Waals surface area contributed by atoms with Crippen LogP contribution in [0.25, 0.3) is 0 Å². The summed E-state index contributed by atoms with van der Waals surface area (Å²) in [6, 6.07) is -0.0430. The lowest BCUT2D eigenvalue weighted by Crippen LogP contribution is -2.44. The van der Waals surface area contributed by atoms with Crippen LogP contribution in [0.5, 0.6) is 0 Å². The van der Waals surface area contributed by atoms with Gasteiger partial charge in [-0.2, -0.15) is 0 Å². The zero-order valence-electron chi connectivity index (χ0n) is 10.3. The van der Waals surface area contributed by atoms with Crippen molar-refractivity contribution in [1.29, 1.82) is 0 Å². The van der Waals surface area contributed by atoms with Crippen LogP contribution in [-0.2, 0) is 9.59 Å². The number of carbonyl (C=O) groups is 2. The van der Waals surface area contributed by atoms with Crippen molar-refractivity contribution < 1.29 is 14.7 Å². The van der Waals surface area contributed by atoms with Crippen molar-refractivity contribution in [2.24, 2.45) is 17.6 Å². The Morgan fingerprint density at radius 1 is 1.41 bits per heavy atom. The van der Waals surface area contributed by atoms with Crippen LogP contribution < -0.4 is 11.1 Å². The number of nitrogens with two attached hydrogens (primary N) is 1. The number of aliphatic carboxylic acids is 1. The summed E-state index contributed by atoms with van der Waals surface area (Å²) in [6.45, 7) is 2.23. The minimum atomic E-state index is -0.832. The lowest BCUT2D eigenvalue weighted by atomic mass is 9.84. The van der Waals surface area contributed by atoms with Gasteiger partial charge < -0.3 is 16.2 Å². The van der Waals surface area contributed by atoms with Gasteiger partial charge in [-0.1, -0.05) is 19.8 Å². The molecule has 4 N–H and O–H groups in total. The molecule has 1 aliphatic carbocycles. The van der Waals surface area contributed by atoms with Crippen LogP contribution >= 0.6 is 0 Å². The standard InChI is InChI=1S/C12H22N2O3/c1-8(6-11(15)16)7-14-12(17)9-4-2-3-5-10(9)13/h8-10H,2-7,13H2,1H3,(H,14,17)(H,15,16). The summed E-state index contributed by atoms with van der Waals surface area (Å²) >= 11 is 0. The lowest BCUT2D eigenvalue weighted by molar-refractivity contribution is -0.138. The van der Waals surface area contributed by atoms with Gasteiger partial charge in [0.2, 0.25) is 5.91 Å². The van der Waals surface area contributed by atoms with Crippen molar-refractivity contribution in [2.45, 2.75) is 45.1 Å². The number of carbonyl (C=O) groups excluding carboxylic acids is 1. The van der Waals surface area contributed by atoms with Crippen molar-refractivity contribution in [3.63, 3.8) is 0 Å². The zero-order valence-corrected chi connectivity index (χ0v) is 10.3. The maximum absolute atomic E-state index is 11.9. The number of rotatable bonds is 5. The monoisotopic (exact) mass is 242 g/mol. The predicted octanol–water partition coefficient (Wildman–Crippen LogP) is 0.731. The maximum atomic E-state index is 11.9. The van der Waals surface area contributed by atoms with Gasteiger partial charge in [0.05, 0.1) is 5.92 Å². The molecule has 5 heteroatoms. The fourth-order valence-corrected chi connectivity index (χ4v) is 2.26. The summed E-state index contributed by atoms with van der Waals surface area (Å²) in [5, 5.41) is 11.4.